The van der Waals surface area contributed by atoms with E-state index in [1.165, 1.54) is 12.1 Å². The van der Waals surface area contributed by atoms with E-state index < -0.39 is 0 Å². The van der Waals surface area contributed by atoms with Gasteiger partial charge in [0.1, 0.15) is 5.82 Å². The van der Waals surface area contributed by atoms with Crippen molar-refractivity contribution >= 4 is 11.8 Å². The Labute approximate surface area is 153 Å². The van der Waals surface area contributed by atoms with E-state index in [2.05, 4.69) is 5.32 Å². The summed E-state index contributed by atoms with van der Waals surface area (Å²) in [5.41, 5.74) is 1.82. The van der Waals surface area contributed by atoms with Gasteiger partial charge in [-0.15, -0.1) is 0 Å². The summed E-state index contributed by atoms with van der Waals surface area (Å²) in [5.74, 6) is -0.581. The number of likely N-dealkylation sites (tertiary alicyclic amines) is 1. The van der Waals surface area contributed by atoms with Crippen LogP contribution < -0.4 is 5.32 Å². The first-order valence-electron chi connectivity index (χ1n) is 8.96. The summed E-state index contributed by atoms with van der Waals surface area (Å²) in [6.07, 6.45) is 0.913. The number of hydrogen-bond donors (Lipinski definition) is 1. The highest BCUT2D eigenvalue weighted by atomic mass is 19.1. The van der Waals surface area contributed by atoms with E-state index in [1.54, 1.807) is 17.0 Å². The standard InChI is InChI=1S/C21H23FN2O2/c1-2-24-19(25)13-12-18(20(24)16-6-4-3-5-7-16)21(26)23-14-15-8-10-17(22)11-9-15/h3-11,18,20H,2,12-14H2,1H3,(H,23,26)/t18-,20+/m1/s1. The molecular weight excluding hydrogens is 331 g/mol. The molecule has 1 heterocycles. The van der Waals surface area contributed by atoms with E-state index in [9.17, 15) is 14.0 Å². The number of rotatable bonds is 5. The second kappa shape index (κ2) is 8.13. The maximum absolute atomic E-state index is 13.0. The fourth-order valence-electron chi connectivity index (χ4n) is 3.59. The van der Waals surface area contributed by atoms with Gasteiger partial charge in [-0.05, 0) is 36.6 Å². The fraction of sp³-hybridized carbons (Fsp3) is 0.333. The first-order valence-corrected chi connectivity index (χ1v) is 8.96. The smallest absolute Gasteiger partial charge is 0.225 e. The Balaban J connectivity index is 1.77. The van der Waals surface area contributed by atoms with Crippen LogP contribution in [0.15, 0.2) is 54.6 Å². The van der Waals surface area contributed by atoms with Crippen LogP contribution in [0.1, 0.15) is 36.9 Å². The van der Waals surface area contributed by atoms with Crippen molar-refractivity contribution in [2.24, 2.45) is 5.92 Å². The molecule has 0 saturated carbocycles. The molecule has 136 valence electrons. The lowest BCUT2D eigenvalue weighted by Crippen LogP contribution is -2.47. The molecule has 0 spiro atoms. The summed E-state index contributed by atoms with van der Waals surface area (Å²) >= 11 is 0. The molecule has 1 fully saturated rings. The zero-order chi connectivity index (χ0) is 18.5. The van der Waals surface area contributed by atoms with E-state index >= 15 is 0 Å². The lowest BCUT2D eigenvalue weighted by atomic mass is 9.83. The second-order valence-electron chi connectivity index (χ2n) is 6.52. The molecule has 0 aliphatic carbocycles. The molecule has 2 atom stereocenters. The third-order valence-electron chi connectivity index (χ3n) is 4.91. The molecule has 0 bridgehead atoms. The van der Waals surface area contributed by atoms with Crippen molar-refractivity contribution in [3.63, 3.8) is 0 Å². The molecule has 4 nitrogen and oxygen atoms in total. The van der Waals surface area contributed by atoms with E-state index in [-0.39, 0.29) is 29.6 Å². The monoisotopic (exact) mass is 354 g/mol. The summed E-state index contributed by atoms with van der Waals surface area (Å²) in [7, 11) is 0. The van der Waals surface area contributed by atoms with Crippen LogP contribution >= 0.6 is 0 Å². The lowest BCUT2D eigenvalue weighted by molar-refractivity contribution is -0.143. The fourth-order valence-corrected chi connectivity index (χ4v) is 3.59. The van der Waals surface area contributed by atoms with Crippen LogP contribution in [0.25, 0.3) is 0 Å². The number of nitrogens with zero attached hydrogens (tertiary/aromatic N) is 1. The first-order chi connectivity index (χ1) is 12.6. The zero-order valence-corrected chi connectivity index (χ0v) is 14.8. The third-order valence-corrected chi connectivity index (χ3v) is 4.91. The highest BCUT2D eigenvalue weighted by Gasteiger charge is 2.39. The van der Waals surface area contributed by atoms with Crippen LogP contribution in [0.5, 0.6) is 0 Å². The number of carbonyl (C=O) groups excluding carboxylic acids is 2. The highest BCUT2D eigenvalue weighted by molar-refractivity contribution is 5.85. The summed E-state index contributed by atoms with van der Waals surface area (Å²) in [6, 6.07) is 15.5. The number of nitrogens with one attached hydrogen (secondary N) is 1. The van der Waals surface area contributed by atoms with Gasteiger partial charge in [-0.3, -0.25) is 9.59 Å². The summed E-state index contributed by atoms with van der Waals surface area (Å²) < 4.78 is 13.0. The van der Waals surface area contributed by atoms with Crippen LogP contribution in [0.3, 0.4) is 0 Å². The number of carbonyl (C=O) groups is 2. The zero-order valence-electron chi connectivity index (χ0n) is 14.8. The molecule has 0 aromatic heterocycles. The van der Waals surface area contributed by atoms with Gasteiger partial charge in [0.25, 0.3) is 0 Å². The Kier molecular flexibility index (Phi) is 5.66. The van der Waals surface area contributed by atoms with Gasteiger partial charge in [-0.25, -0.2) is 4.39 Å². The van der Waals surface area contributed by atoms with Crippen LogP contribution in [0.2, 0.25) is 0 Å². The molecule has 1 aliphatic heterocycles. The lowest BCUT2D eigenvalue weighted by Gasteiger charge is -2.40. The Morgan fingerprint density at radius 3 is 2.50 bits per heavy atom. The average Bonchev–Trinajstić information content (AvgIpc) is 2.67. The predicted octanol–water partition coefficient (Wildman–Crippen LogP) is 3.44. The molecule has 1 N–H and O–H groups in total. The van der Waals surface area contributed by atoms with Crippen molar-refractivity contribution < 1.29 is 14.0 Å². The first kappa shape index (κ1) is 18.1. The van der Waals surface area contributed by atoms with Gasteiger partial charge in [0.15, 0.2) is 0 Å². The predicted molar refractivity (Wildman–Crippen MR) is 97.5 cm³/mol. The van der Waals surface area contributed by atoms with Crippen molar-refractivity contribution in [2.45, 2.75) is 32.4 Å². The van der Waals surface area contributed by atoms with E-state index in [0.717, 1.165) is 11.1 Å². The van der Waals surface area contributed by atoms with Crippen LogP contribution in [-0.2, 0) is 16.1 Å². The Bertz CT molecular complexity index is 761. The van der Waals surface area contributed by atoms with E-state index in [4.69, 9.17) is 0 Å². The SMILES string of the molecule is CCN1C(=O)CC[C@@H](C(=O)NCc2ccc(F)cc2)[C@@H]1c1ccccc1. The van der Waals surface area contributed by atoms with Crippen molar-refractivity contribution in [3.8, 4) is 0 Å². The number of amides is 2. The van der Waals surface area contributed by atoms with Crippen LogP contribution in [-0.4, -0.2) is 23.3 Å². The van der Waals surface area contributed by atoms with Gasteiger partial charge in [0.05, 0.1) is 12.0 Å². The molecule has 1 aliphatic rings. The number of hydrogen-bond acceptors (Lipinski definition) is 2. The largest absolute Gasteiger partial charge is 0.352 e. The Hall–Kier alpha value is -2.69. The number of piperidine rings is 1. The number of benzene rings is 2. The van der Waals surface area contributed by atoms with Crippen molar-refractivity contribution in [1.82, 2.24) is 10.2 Å². The highest BCUT2D eigenvalue weighted by Crippen LogP contribution is 2.36. The Morgan fingerprint density at radius 2 is 1.85 bits per heavy atom. The second-order valence-corrected chi connectivity index (χ2v) is 6.52. The molecule has 26 heavy (non-hydrogen) atoms. The van der Waals surface area contributed by atoms with Crippen molar-refractivity contribution in [3.05, 3.63) is 71.5 Å². The van der Waals surface area contributed by atoms with Gasteiger partial charge in [0.2, 0.25) is 11.8 Å². The van der Waals surface area contributed by atoms with Gasteiger partial charge in [-0.2, -0.15) is 0 Å². The van der Waals surface area contributed by atoms with Gasteiger partial charge in [0, 0.05) is 19.5 Å². The summed E-state index contributed by atoms with van der Waals surface area (Å²) in [5, 5.41) is 2.95. The average molecular weight is 354 g/mol. The van der Waals surface area contributed by atoms with Crippen LogP contribution in [0, 0.1) is 11.7 Å². The number of halogens is 1. The van der Waals surface area contributed by atoms with Gasteiger partial charge >= 0.3 is 0 Å². The molecule has 0 radical (unpaired) electrons. The van der Waals surface area contributed by atoms with E-state index in [0.29, 0.717) is 25.9 Å². The van der Waals surface area contributed by atoms with Crippen LogP contribution in [0.4, 0.5) is 4.39 Å². The molecule has 1 saturated heterocycles. The maximum atomic E-state index is 13.0. The molecule has 5 heteroatoms. The molecular formula is C21H23FN2O2. The Morgan fingerprint density at radius 1 is 1.15 bits per heavy atom. The third kappa shape index (κ3) is 3.93. The minimum absolute atomic E-state index is 0.0749. The minimum atomic E-state index is -0.298. The van der Waals surface area contributed by atoms with Crippen molar-refractivity contribution in [1.29, 1.82) is 0 Å². The quantitative estimate of drug-likeness (QED) is 0.894. The maximum Gasteiger partial charge on any atom is 0.225 e. The van der Waals surface area contributed by atoms with Gasteiger partial charge in [-0.1, -0.05) is 42.5 Å². The summed E-state index contributed by atoms with van der Waals surface area (Å²) in [6.45, 7) is 2.85. The minimum Gasteiger partial charge on any atom is -0.352 e. The molecule has 0 unspecified atom stereocenters. The molecule has 3 rings (SSSR count). The molecule has 2 aromatic rings. The molecule has 2 amide bonds. The molecule has 2 aromatic carbocycles. The normalized spacial score (nSPS) is 20.1. The van der Waals surface area contributed by atoms with Crippen molar-refractivity contribution in [2.75, 3.05) is 6.54 Å². The topological polar surface area (TPSA) is 49.4 Å². The van der Waals surface area contributed by atoms with Gasteiger partial charge < -0.3 is 10.2 Å². The van der Waals surface area contributed by atoms with E-state index in [1.807, 2.05) is 37.3 Å². The summed E-state index contributed by atoms with van der Waals surface area (Å²) in [4.78, 5) is 27.0.